The van der Waals surface area contributed by atoms with Crippen LogP contribution >= 0.6 is 11.6 Å². The second-order valence-corrected chi connectivity index (χ2v) is 11.1. The fourth-order valence-corrected chi connectivity index (χ4v) is 6.36. The Morgan fingerprint density at radius 2 is 1.44 bits per heavy atom. The van der Waals surface area contributed by atoms with Crippen molar-refractivity contribution in [3.63, 3.8) is 0 Å². The summed E-state index contributed by atoms with van der Waals surface area (Å²) >= 11 is 6.29. The predicted octanol–water partition coefficient (Wildman–Crippen LogP) is 1.89. The second-order valence-electron chi connectivity index (χ2n) is 8.76. The molecule has 4 rings (SSSR count). The van der Waals surface area contributed by atoms with E-state index in [9.17, 15) is 18.0 Å². The summed E-state index contributed by atoms with van der Waals surface area (Å²) in [7, 11) is -3.62. The number of hydrogen-bond acceptors (Lipinski definition) is 5. The van der Waals surface area contributed by atoms with Crippen LogP contribution in [0.15, 0.2) is 23.1 Å². The molecular weight excluding hydrogens is 452 g/mol. The van der Waals surface area contributed by atoms with Crippen LogP contribution in [0.3, 0.4) is 0 Å². The Balaban J connectivity index is 1.38. The minimum absolute atomic E-state index is 0.109. The first-order valence-corrected chi connectivity index (χ1v) is 13.3. The first-order valence-electron chi connectivity index (χ1n) is 11.5. The van der Waals surface area contributed by atoms with Gasteiger partial charge in [-0.15, -0.1) is 0 Å². The van der Waals surface area contributed by atoms with Gasteiger partial charge in [-0.2, -0.15) is 4.31 Å². The van der Waals surface area contributed by atoms with Gasteiger partial charge in [0.05, 0.1) is 22.0 Å². The SMILES string of the molecule is O=C(CN1CCN(C(=O)c2cc(S(=O)(=O)N3CCCC3)ccc2Cl)CC1)N1CCCCC1. The van der Waals surface area contributed by atoms with Crippen LogP contribution < -0.4 is 0 Å². The van der Waals surface area contributed by atoms with Crippen molar-refractivity contribution in [1.82, 2.24) is 19.0 Å². The maximum Gasteiger partial charge on any atom is 0.255 e. The highest BCUT2D eigenvalue weighted by atomic mass is 35.5. The quantitative estimate of drug-likeness (QED) is 0.640. The van der Waals surface area contributed by atoms with Crippen LogP contribution in [0.2, 0.25) is 5.02 Å². The van der Waals surface area contributed by atoms with Crippen LogP contribution in [-0.2, 0) is 14.8 Å². The zero-order chi connectivity index (χ0) is 22.7. The lowest BCUT2D eigenvalue weighted by Gasteiger charge is -2.36. The highest BCUT2D eigenvalue weighted by Gasteiger charge is 2.30. The van der Waals surface area contributed by atoms with E-state index in [4.69, 9.17) is 11.6 Å². The summed E-state index contributed by atoms with van der Waals surface area (Å²) in [5.74, 6) is -0.108. The van der Waals surface area contributed by atoms with Gasteiger partial charge in [0, 0.05) is 52.4 Å². The number of carbonyl (C=O) groups is 2. The van der Waals surface area contributed by atoms with Crippen molar-refractivity contribution in [1.29, 1.82) is 0 Å². The lowest BCUT2D eigenvalue weighted by Crippen LogP contribution is -2.52. The van der Waals surface area contributed by atoms with Gasteiger partial charge in [-0.1, -0.05) is 11.6 Å². The Kier molecular flexibility index (Phi) is 7.39. The van der Waals surface area contributed by atoms with E-state index in [0.717, 1.165) is 38.8 Å². The van der Waals surface area contributed by atoms with E-state index in [1.165, 1.54) is 28.9 Å². The number of piperazine rings is 1. The fourth-order valence-electron chi connectivity index (χ4n) is 4.62. The number of rotatable bonds is 5. The van der Waals surface area contributed by atoms with Crippen molar-refractivity contribution in [2.24, 2.45) is 0 Å². The Bertz CT molecular complexity index is 951. The molecule has 3 saturated heterocycles. The molecule has 0 aromatic heterocycles. The number of carbonyl (C=O) groups excluding carboxylic acids is 2. The Morgan fingerprint density at radius 1 is 0.812 bits per heavy atom. The number of nitrogens with zero attached hydrogens (tertiary/aromatic N) is 4. The normalized spacial score (nSPS) is 21.2. The zero-order valence-corrected chi connectivity index (χ0v) is 19.9. The minimum Gasteiger partial charge on any atom is -0.342 e. The number of hydrogen-bond donors (Lipinski definition) is 0. The number of likely N-dealkylation sites (tertiary alicyclic amines) is 1. The Hall–Kier alpha value is -1.68. The van der Waals surface area contributed by atoms with Gasteiger partial charge in [0.1, 0.15) is 0 Å². The smallest absolute Gasteiger partial charge is 0.255 e. The van der Waals surface area contributed by atoms with Gasteiger partial charge in [0.2, 0.25) is 15.9 Å². The standard InChI is InChI=1S/C22H31ClN4O4S/c23-20-7-6-18(32(30,31)27-10-4-5-11-27)16-19(20)22(29)26-14-12-24(13-15-26)17-21(28)25-8-2-1-3-9-25/h6-7,16H,1-5,8-15,17H2. The van der Waals surface area contributed by atoms with E-state index < -0.39 is 10.0 Å². The van der Waals surface area contributed by atoms with Crippen molar-refractivity contribution in [3.8, 4) is 0 Å². The fraction of sp³-hybridized carbons (Fsp3) is 0.636. The largest absolute Gasteiger partial charge is 0.342 e. The third kappa shape index (κ3) is 5.11. The van der Waals surface area contributed by atoms with Gasteiger partial charge in [0.15, 0.2) is 0 Å². The number of amides is 2. The molecule has 10 heteroatoms. The first kappa shape index (κ1) is 23.5. The first-order chi connectivity index (χ1) is 15.4. The van der Waals surface area contributed by atoms with E-state index in [-0.39, 0.29) is 27.3 Å². The molecule has 2 amide bonds. The van der Waals surface area contributed by atoms with Gasteiger partial charge in [0.25, 0.3) is 5.91 Å². The third-order valence-electron chi connectivity index (χ3n) is 6.60. The summed E-state index contributed by atoms with van der Waals surface area (Å²) < 4.78 is 27.2. The molecule has 3 heterocycles. The molecular formula is C22H31ClN4O4S. The third-order valence-corrected chi connectivity index (χ3v) is 8.82. The summed E-state index contributed by atoms with van der Waals surface area (Å²) in [5.41, 5.74) is 0.213. The molecule has 0 atom stereocenters. The van der Waals surface area contributed by atoms with Crippen molar-refractivity contribution < 1.29 is 18.0 Å². The average molecular weight is 483 g/mol. The molecule has 8 nitrogen and oxygen atoms in total. The average Bonchev–Trinajstić information content (AvgIpc) is 3.36. The Labute approximate surface area is 195 Å². The van der Waals surface area contributed by atoms with Gasteiger partial charge < -0.3 is 9.80 Å². The molecule has 0 saturated carbocycles. The molecule has 3 aliphatic rings. The van der Waals surface area contributed by atoms with E-state index >= 15 is 0 Å². The lowest BCUT2D eigenvalue weighted by atomic mass is 10.1. The molecule has 32 heavy (non-hydrogen) atoms. The van der Waals surface area contributed by atoms with E-state index in [2.05, 4.69) is 4.90 Å². The molecule has 0 aliphatic carbocycles. The van der Waals surface area contributed by atoms with Crippen LogP contribution in [0.5, 0.6) is 0 Å². The van der Waals surface area contributed by atoms with Crippen LogP contribution in [0.25, 0.3) is 0 Å². The number of sulfonamides is 1. The summed E-state index contributed by atoms with van der Waals surface area (Å²) in [6.45, 7) is 5.24. The minimum atomic E-state index is -3.62. The van der Waals surface area contributed by atoms with Crippen molar-refractivity contribution >= 4 is 33.4 Å². The van der Waals surface area contributed by atoms with Crippen molar-refractivity contribution in [2.75, 3.05) is 58.9 Å². The molecule has 0 N–H and O–H groups in total. The van der Waals surface area contributed by atoms with Gasteiger partial charge in [-0.25, -0.2) is 8.42 Å². The number of halogens is 1. The molecule has 3 aliphatic heterocycles. The van der Waals surface area contributed by atoms with Gasteiger partial charge in [-0.05, 0) is 50.3 Å². The predicted molar refractivity (Wildman–Crippen MR) is 122 cm³/mol. The number of piperidine rings is 1. The van der Waals surface area contributed by atoms with Gasteiger partial charge >= 0.3 is 0 Å². The molecule has 3 fully saturated rings. The monoisotopic (exact) mass is 482 g/mol. The maximum atomic E-state index is 13.1. The molecule has 0 radical (unpaired) electrons. The van der Waals surface area contributed by atoms with Gasteiger partial charge in [-0.3, -0.25) is 14.5 Å². The summed E-state index contributed by atoms with van der Waals surface area (Å²) in [5, 5.41) is 0.248. The van der Waals surface area contributed by atoms with Crippen molar-refractivity contribution in [3.05, 3.63) is 28.8 Å². The van der Waals surface area contributed by atoms with Crippen LogP contribution in [0.4, 0.5) is 0 Å². The van der Waals surface area contributed by atoms with Crippen LogP contribution in [-0.4, -0.2) is 98.1 Å². The molecule has 0 unspecified atom stereocenters. The summed E-state index contributed by atoms with van der Waals surface area (Å²) in [6, 6.07) is 4.37. The summed E-state index contributed by atoms with van der Waals surface area (Å²) in [6.07, 6.45) is 5.03. The zero-order valence-electron chi connectivity index (χ0n) is 18.3. The number of benzene rings is 1. The lowest BCUT2D eigenvalue weighted by molar-refractivity contribution is -0.133. The van der Waals surface area contributed by atoms with E-state index in [1.807, 2.05) is 4.90 Å². The van der Waals surface area contributed by atoms with Crippen LogP contribution in [0.1, 0.15) is 42.5 Å². The molecule has 0 spiro atoms. The van der Waals surface area contributed by atoms with E-state index in [0.29, 0.717) is 45.8 Å². The maximum absolute atomic E-state index is 13.1. The highest BCUT2D eigenvalue weighted by molar-refractivity contribution is 7.89. The molecule has 0 bridgehead atoms. The highest BCUT2D eigenvalue weighted by Crippen LogP contribution is 2.26. The Morgan fingerprint density at radius 3 is 2.09 bits per heavy atom. The molecule has 176 valence electrons. The molecule has 1 aromatic rings. The van der Waals surface area contributed by atoms with Crippen LogP contribution in [0, 0.1) is 0 Å². The summed E-state index contributed by atoms with van der Waals surface area (Å²) in [4.78, 5) is 31.5. The van der Waals surface area contributed by atoms with Crippen molar-refractivity contribution in [2.45, 2.75) is 37.0 Å². The molecule has 1 aromatic carbocycles. The van der Waals surface area contributed by atoms with E-state index in [1.54, 1.807) is 4.90 Å². The second kappa shape index (κ2) is 10.1. The topological polar surface area (TPSA) is 81.2 Å².